The minimum absolute atomic E-state index is 0.0704. The van der Waals surface area contributed by atoms with Crippen LogP contribution in [0.15, 0.2) is 18.5 Å². The third-order valence-electron chi connectivity index (χ3n) is 1.90. The van der Waals surface area contributed by atoms with Crippen LogP contribution in [-0.2, 0) is 4.79 Å². The highest BCUT2D eigenvalue weighted by molar-refractivity contribution is 5.94. The van der Waals surface area contributed by atoms with Gasteiger partial charge in [0.15, 0.2) is 0 Å². The zero-order chi connectivity index (χ0) is 12.0. The Bertz CT molecular complexity index is 393. The van der Waals surface area contributed by atoms with Crippen molar-refractivity contribution in [3.63, 3.8) is 0 Å². The van der Waals surface area contributed by atoms with Crippen molar-refractivity contribution in [2.24, 2.45) is 0 Å². The van der Waals surface area contributed by atoms with Gasteiger partial charge in [-0.2, -0.15) is 0 Å². The van der Waals surface area contributed by atoms with Crippen LogP contribution in [0.5, 0.6) is 5.75 Å². The molecule has 0 bridgehead atoms. The standard InChI is InChI=1S/C10H13N3O3/c1-11-9(15)2-3-13-10(16)7-4-8(14)6-12-5-7/h4-6,14H,2-3H2,1H3,(H,11,15)(H,13,16). The number of hydrogen-bond donors (Lipinski definition) is 3. The molecule has 1 aromatic rings. The number of hydrogen-bond acceptors (Lipinski definition) is 4. The SMILES string of the molecule is CNC(=O)CCNC(=O)c1cncc(O)c1. The smallest absolute Gasteiger partial charge is 0.252 e. The molecule has 6 nitrogen and oxygen atoms in total. The Labute approximate surface area is 92.7 Å². The molecule has 1 aromatic heterocycles. The maximum Gasteiger partial charge on any atom is 0.252 e. The van der Waals surface area contributed by atoms with Gasteiger partial charge in [-0.25, -0.2) is 0 Å². The molecule has 0 radical (unpaired) electrons. The molecular weight excluding hydrogens is 210 g/mol. The van der Waals surface area contributed by atoms with E-state index in [0.29, 0.717) is 0 Å². The first-order valence-corrected chi connectivity index (χ1v) is 4.76. The largest absolute Gasteiger partial charge is 0.506 e. The first-order chi connectivity index (χ1) is 7.63. The Morgan fingerprint density at radius 1 is 1.44 bits per heavy atom. The van der Waals surface area contributed by atoms with Gasteiger partial charge in [0.25, 0.3) is 5.91 Å². The van der Waals surface area contributed by atoms with Crippen molar-refractivity contribution < 1.29 is 14.7 Å². The second kappa shape index (κ2) is 5.69. The number of pyridine rings is 1. The minimum Gasteiger partial charge on any atom is -0.506 e. The van der Waals surface area contributed by atoms with Gasteiger partial charge in [0.1, 0.15) is 5.75 Å². The predicted octanol–water partition coefficient (Wildman–Crippen LogP) is -0.347. The van der Waals surface area contributed by atoms with Crippen LogP contribution in [-0.4, -0.2) is 35.5 Å². The monoisotopic (exact) mass is 223 g/mol. The molecular formula is C10H13N3O3. The number of aromatic nitrogens is 1. The van der Waals surface area contributed by atoms with E-state index in [-0.39, 0.29) is 36.1 Å². The summed E-state index contributed by atoms with van der Waals surface area (Å²) in [6, 6.07) is 1.31. The van der Waals surface area contributed by atoms with Gasteiger partial charge in [0.05, 0.1) is 11.8 Å². The molecule has 1 rings (SSSR count). The summed E-state index contributed by atoms with van der Waals surface area (Å²) in [6.07, 6.45) is 2.80. The molecule has 0 aromatic carbocycles. The number of amides is 2. The molecule has 0 unspecified atom stereocenters. The van der Waals surface area contributed by atoms with Crippen molar-refractivity contribution >= 4 is 11.8 Å². The highest BCUT2D eigenvalue weighted by atomic mass is 16.3. The van der Waals surface area contributed by atoms with E-state index in [1.54, 1.807) is 0 Å². The van der Waals surface area contributed by atoms with Crippen molar-refractivity contribution in [1.82, 2.24) is 15.6 Å². The zero-order valence-electron chi connectivity index (χ0n) is 8.86. The number of carbonyl (C=O) groups is 2. The van der Waals surface area contributed by atoms with Crippen LogP contribution in [0.2, 0.25) is 0 Å². The van der Waals surface area contributed by atoms with Crippen LogP contribution < -0.4 is 10.6 Å². The topological polar surface area (TPSA) is 91.3 Å². The van der Waals surface area contributed by atoms with Gasteiger partial charge in [0.2, 0.25) is 5.91 Å². The van der Waals surface area contributed by atoms with Crippen LogP contribution in [0, 0.1) is 0 Å². The Hall–Kier alpha value is -2.11. The highest BCUT2D eigenvalue weighted by Gasteiger charge is 2.06. The minimum atomic E-state index is -0.368. The molecule has 3 N–H and O–H groups in total. The number of nitrogens with one attached hydrogen (secondary N) is 2. The molecule has 0 fully saturated rings. The Balaban J connectivity index is 2.44. The maximum atomic E-state index is 11.5. The van der Waals surface area contributed by atoms with Crippen molar-refractivity contribution in [2.75, 3.05) is 13.6 Å². The third kappa shape index (κ3) is 3.56. The maximum absolute atomic E-state index is 11.5. The van der Waals surface area contributed by atoms with Crippen LogP contribution in [0.1, 0.15) is 16.8 Å². The fourth-order valence-corrected chi connectivity index (χ4v) is 1.07. The van der Waals surface area contributed by atoms with Crippen LogP contribution >= 0.6 is 0 Å². The number of nitrogens with zero attached hydrogens (tertiary/aromatic N) is 1. The summed E-state index contributed by atoms with van der Waals surface area (Å²) in [5.74, 6) is -0.583. The average molecular weight is 223 g/mol. The molecule has 16 heavy (non-hydrogen) atoms. The van der Waals surface area contributed by atoms with Gasteiger partial charge >= 0.3 is 0 Å². The van der Waals surface area contributed by atoms with E-state index in [9.17, 15) is 9.59 Å². The summed E-state index contributed by atoms with van der Waals surface area (Å²) >= 11 is 0. The van der Waals surface area contributed by atoms with Gasteiger partial charge in [-0.15, -0.1) is 0 Å². The summed E-state index contributed by atoms with van der Waals surface area (Å²) in [6.45, 7) is 0.244. The van der Waals surface area contributed by atoms with Gasteiger partial charge < -0.3 is 15.7 Å². The molecule has 0 aliphatic rings. The molecule has 0 saturated heterocycles. The lowest BCUT2D eigenvalue weighted by Crippen LogP contribution is -2.29. The van der Waals surface area contributed by atoms with Gasteiger partial charge in [0, 0.05) is 26.2 Å². The van der Waals surface area contributed by atoms with Gasteiger partial charge in [-0.3, -0.25) is 14.6 Å². The second-order valence-corrected chi connectivity index (χ2v) is 3.11. The third-order valence-corrected chi connectivity index (χ3v) is 1.90. The Kier molecular flexibility index (Phi) is 4.26. The van der Waals surface area contributed by atoms with Crippen molar-refractivity contribution in [1.29, 1.82) is 0 Å². The van der Waals surface area contributed by atoms with E-state index in [4.69, 9.17) is 5.11 Å². The lowest BCUT2D eigenvalue weighted by molar-refractivity contribution is -0.120. The Morgan fingerprint density at radius 3 is 2.81 bits per heavy atom. The fourth-order valence-electron chi connectivity index (χ4n) is 1.07. The van der Waals surface area contributed by atoms with Crippen molar-refractivity contribution in [2.45, 2.75) is 6.42 Å². The number of rotatable bonds is 4. The Morgan fingerprint density at radius 2 is 2.19 bits per heavy atom. The van der Waals surface area contributed by atoms with E-state index in [0.717, 1.165) is 0 Å². The quantitative estimate of drug-likeness (QED) is 0.650. The van der Waals surface area contributed by atoms with Crippen LogP contribution in [0.4, 0.5) is 0 Å². The summed E-state index contributed by atoms with van der Waals surface area (Å²) in [5.41, 5.74) is 0.261. The molecule has 0 saturated carbocycles. The number of aromatic hydroxyl groups is 1. The zero-order valence-corrected chi connectivity index (χ0v) is 8.86. The van der Waals surface area contributed by atoms with Gasteiger partial charge in [-0.05, 0) is 6.07 Å². The molecule has 0 atom stereocenters. The van der Waals surface area contributed by atoms with E-state index in [1.165, 1.54) is 25.5 Å². The molecule has 0 aliphatic heterocycles. The summed E-state index contributed by atoms with van der Waals surface area (Å²) in [5, 5.41) is 14.1. The summed E-state index contributed by atoms with van der Waals surface area (Å²) < 4.78 is 0. The molecule has 86 valence electrons. The summed E-state index contributed by atoms with van der Waals surface area (Å²) in [7, 11) is 1.53. The molecule has 2 amide bonds. The fraction of sp³-hybridized carbons (Fsp3) is 0.300. The van der Waals surface area contributed by atoms with Crippen molar-refractivity contribution in [3.8, 4) is 5.75 Å². The van der Waals surface area contributed by atoms with Crippen molar-refractivity contribution in [3.05, 3.63) is 24.0 Å². The van der Waals surface area contributed by atoms with Crippen LogP contribution in [0.3, 0.4) is 0 Å². The van der Waals surface area contributed by atoms with E-state index < -0.39 is 0 Å². The van der Waals surface area contributed by atoms with Gasteiger partial charge in [-0.1, -0.05) is 0 Å². The predicted molar refractivity (Wildman–Crippen MR) is 56.9 cm³/mol. The highest BCUT2D eigenvalue weighted by Crippen LogP contribution is 2.07. The molecule has 0 aliphatic carbocycles. The number of carbonyl (C=O) groups excluding carboxylic acids is 2. The summed E-state index contributed by atoms with van der Waals surface area (Å²) in [4.78, 5) is 26.0. The normalized spacial score (nSPS) is 9.56. The lowest BCUT2D eigenvalue weighted by Gasteiger charge is -2.04. The van der Waals surface area contributed by atoms with E-state index in [2.05, 4.69) is 15.6 Å². The average Bonchev–Trinajstić information content (AvgIpc) is 2.28. The molecule has 1 heterocycles. The van der Waals surface area contributed by atoms with E-state index >= 15 is 0 Å². The van der Waals surface area contributed by atoms with E-state index in [1.807, 2.05) is 0 Å². The first kappa shape index (κ1) is 12.0. The first-order valence-electron chi connectivity index (χ1n) is 4.76. The molecule has 6 heteroatoms. The lowest BCUT2D eigenvalue weighted by atomic mass is 10.2. The second-order valence-electron chi connectivity index (χ2n) is 3.11. The molecule has 0 spiro atoms. The van der Waals surface area contributed by atoms with Crippen LogP contribution in [0.25, 0.3) is 0 Å².